The van der Waals surface area contributed by atoms with Crippen LogP contribution in [-0.2, 0) is 17.8 Å². The summed E-state index contributed by atoms with van der Waals surface area (Å²) in [6.07, 6.45) is -1.67. The maximum absolute atomic E-state index is 12.0. The highest BCUT2D eigenvalue weighted by Gasteiger charge is 2.28. The van der Waals surface area contributed by atoms with E-state index < -0.39 is 24.6 Å². The number of carboxylic acid groups (broad SMARTS) is 1. The smallest absolute Gasteiger partial charge is 0.408 e. The fourth-order valence-electron chi connectivity index (χ4n) is 1.22. The zero-order chi connectivity index (χ0) is 12.3. The Morgan fingerprint density at radius 2 is 2.25 bits per heavy atom. The molecule has 1 aromatic rings. The van der Waals surface area contributed by atoms with Gasteiger partial charge in [0.2, 0.25) is 0 Å². The van der Waals surface area contributed by atoms with Crippen LogP contribution in [0.4, 0.5) is 13.2 Å². The summed E-state index contributed by atoms with van der Waals surface area (Å²) in [7, 11) is 0. The number of aliphatic carboxylic acids is 1. The first-order valence-electron chi connectivity index (χ1n) is 4.59. The van der Waals surface area contributed by atoms with Gasteiger partial charge in [-0.3, -0.25) is 9.48 Å². The molecule has 90 valence electrons. The number of aromatic nitrogens is 2. The van der Waals surface area contributed by atoms with E-state index in [1.54, 1.807) is 0 Å². The van der Waals surface area contributed by atoms with Crippen LogP contribution in [-0.4, -0.2) is 27.0 Å². The number of carboxylic acids is 1. The summed E-state index contributed by atoms with van der Waals surface area (Å²) in [5.41, 5.74) is 0.485. The average molecular weight is 236 g/mol. The summed E-state index contributed by atoms with van der Waals surface area (Å²) in [4.78, 5) is 10.5. The van der Waals surface area contributed by atoms with E-state index in [9.17, 15) is 18.0 Å². The standard InChI is InChI=1S/C9H11F3N2O2/c1-6(8(15)16)2-7-3-13-14(4-7)5-9(10,11)12/h3-4,6H,2,5H2,1H3,(H,15,16)/t6-/m1/s1. The fraction of sp³-hybridized carbons (Fsp3) is 0.556. The van der Waals surface area contributed by atoms with Crippen molar-refractivity contribution in [3.05, 3.63) is 18.0 Å². The van der Waals surface area contributed by atoms with Crippen LogP contribution in [0.15, 0.2) is 12.4 Å². The second-order valence-electron chi connectivity index (χ2n) is 3.60. The molecule has 4 nitrogen and oxygen atoms in total. The summed E-state index contributed by atoms with van der Waals surface area (Å²) >= 11 is 0. The second-order valence-corrected chi connectivity index (χ2v) is 3.60. The van der Waals surface area contributed by atoms with E-state index >= 15 is 0 Å². The third-order valence-electron chi connectivity index (χ3n) is 1.99. The van der Waals surface area contributed by atoms with Crippen LogP contribution in [0.2, 0.25) is 0 Å². The molecular formula is C9H11F3N2O2. The molecule has 1 atom stereocenters. The molecule has 0 aliphatic rings. The van der Waals surface area contributed by atoms with Gasteiger partial charge >= 0.3 is 12.1 Å². The van der Waals surface area contributed by atoms with Crippen LogP contribution < -0.4 is 0 Å². The maximum Gasteiger partial charge on any atom is 0.408 e. The normalized spacial score (nSPS) is 13.8. The molecule has 1 aromatic heterocycles. The van der Waals surface area contributed by atoms with E-state index in [0.29, 0.717) is 5.56 Å². The average Bonchev–Trinajstić information content (AvgIpc) is 2.49. The van der Waals surface area contributed by atoms with Crippen molar-refractivity contribution < 1.29 is 23.1 Å². The first kappa shape index (κ1) is 12.5. The Morgan fingerprint density at radius 1 is 1.62 bits per heavy atom. The predicted molar refractivity (Wildman–Crippen MR) is 48.8 cm³/mol. The van der Waals surface area contributed by atoms with Gasteiger partial charge in [-0.25, -0.2) is 0 Å². The summed E-state index contributed by atoms with van der Waals surface area (Å²) < 4.78 is 36.7. The lowest BCUT2D eigenvalue weighted by Gasteiger charge is -2.05. The van der Waals surface area contributed by atoms with Crippen LogP contribution in [0, 0.1) is 5.92 Å². The monoisotopic (exact) mass is 236 g/mol. The van der Waals surface area contributed by atoms with Gasteiger partial charge in [-0.05, 0) is 12.0 Å². The third-order valence-corrected chi connectivity index (χ3v) is 1.99. The molecule has 7 heteroatoms. The molecule has 1 rings (SSSR count). The van der Waals surface area contributed by atoms with Gasteiger partial charge in [-0.15, -0.1) is 0 Å². The predicted octanol–water partition coefficient (Wildman–Crippen LogP) is 1.71. The largest absolute Gasteiger partial charge is 0.481 e. The van der Waals surface area contributed by atoms with Gasteiger partial charge in [-0.1, -0.05) is 6.92 Å². The number of nitrogens with zero attached hydrogens (tertiary/aromatic N) is 2. The molecule has 1 heterocycles. The van der Waals surface area contributed by atoms with Crippen molar-refractivity contribution in [3.8, 4) is 0 Å². The zero-order valence-corrected chi connectivity index (χ0v) is 8.53. The molecule has 0 bridgehead atoms. The van der Waals surface area contributed by atoms with E-state index in [0.717, 1.165) is 4.68 Å². The summed E-state index contributed by atoms with van der Waals surface area (Å²) in [6, 6.07) is 0. The Kier molecular flexibility index (Phi) is 3.56. The summed E-state index contributed by atoms with van der Waals surface area (Å²) in [6.45, 7) is 0.331. The molecule has 0 saturated heterocycles. The van der Waals surface area contributed by atoms with E-state index in [4.69, 9.17) is 5.11 Å². The van der Waals surface area contributed by atoms with Gasteiger partial charge in [0.15, 0.2) is 0 Å². The van der Waals surface area contributed by atoms with Crippen molar-refractivity contribution in [2.45, 2.75) is 26.1 Å². The Morgan fingerprint density at radius 3 is 2.75 bits per heavy atom. The Bertz CT molecular complexity index is 373. The van der Waals surface area contributed by atoms with Gasteiger partial charge in [0.05, 0.1) is 12.1 Å². The number of halogens is 3. The van der Waals surface area contributed by atoms with Gasteiger partial charge in [0.1, 0.15) is 6.54 Å². The molecule has 0 aliphatic heterocycles. The first-order chi connectivity index (χ1) is 7.28. The molecular weight excluding hydrogens is 225 g/mol. The minimum atomic E-state index is -4.32. The van der Waals surface area contributed by atoms with Crippen LogP contribution in [0.1, 0.15) is 12.5 Å². The fourth-order valence-corrected chi connectivity index (χ4v) is 1.22. The van der Waals surface area contributed by atoms with Crippen molar-refractivity contribution in [2.75, 3.05) is 0 Å². The topological polar surface area (TPSA) is 55.1 Å². The highest BCUT2D eigenvalue weighted by molar-refractivity contribution is 5.69. The SMILES string of the molecule is C[C@H](Cc1cnn(CC(F)(F)F)c1)C(=O)O. The molecule has 1 N–H and O–H groups in total. The molecule has 0 amide bonds. The number of hydrogen-bond acceptors (Lipinski definition) is 2. The molecule has 16 heavy (non-hydrogen) atoms. The van der Waals surface area contributed by atoms with Gasteiger partial charge in [0, 0.05) is 6.20 Å². The number of alkyl halides is 3. The Labute approximate surface area is 89.7 Å². The third kappa shape index (κ3) is 3.92. The Balaban J connectivity index is 2.62. The first-order valence-corrected chi connectivity index (χ1v) is 4.59. The van der Waals surface area contributed by atoms with Crippen molar-refractivity contribution in [2.24, 2.45) is 5.92 Å². The van der Waals surface area contributed by atoms with E-state index in [2.05, 4.69) is 5.10 Å². The molecule has 0 unspecified atom stereocenters. The van der Waals surface area contributed by atoms with E-state index in [1.165, 1.54) is 19.3 Å². The number of carbonyl (C=O) groups is 1. The lowest BCUT2D eigenvalue weighted by molar-refractivity contribution is -0.143. The van der Waals surface area contributed by atoms with Crippen molar-refractivity contribution in [3.63, 3.8) is 0 Å². The highest BCUT2D eigenvalue weighted by atomic mass is 19.4. The van der Waals surface area contributed by atoms with Crippen molar-refractivity contribution in [1.29, 1.82) is 0 Å². The second kappa shape index (κ2) is 4.54. The van der Waals surface area contributed by atoms with Crippen LogP contribution in [0.5, 0.6) is 0 Å². The van der Waals surface area contributed by atoms with Crippen molar-refractivity contribution >= 4 is 5.97 Å². The van der Waals surface area contributed by atoms with Gasteiger partial charge < -0.3 is 5.11 Å². The van der Waals surface area contributed by atoms with Gasteiger partial charge in [0.25, 0.3) is 0 Å². The van der Waals surface area contributed by atoms with E-state index in [1.807, 2.05) is 0 Å². The highest BCUT2D eigenvalue weighted by Crippen LogP contribution is 2.17. The zero-order valence-electron chi connectivity index (χ0n) is 8.53. The Hall–Kier alpha value is -1.53. The van der Waals surface area contributed by atoms with Crippen LogP contribution in [0.25, 0.3) is 0 Å². The molecule has 0 aliphatic carbocycles. The molecule has 0 radical (unpaired) electrons. The quantitative estimate of drug-likeness (QED) is 0.865. The molecule has 0 saturated carbocycles. The van der Waals surface area contributed by atoms with Crippen LogP contribution in [0.3, 0.4) is 0 Å². The van der Waals surface area contributed by atoms with E-state index in [-0.39, 0.29) is 6.42 Å². The minimum absolute atomic E-state index is 0.174. The maximum atomic E-state index is 12.0. The number of hydrogen-bond donors (Lipinski definition) is 1. The lowest BCUT2D eigenvalue weighted by Crippen LogP contribution is -2.18. The summed E-state index contributed by atoms with van der Waals surface area (Å²) in [5, 5.41) is 12.1. The lowest BCUT2D eigenvalue weighted by atomic mass is 10.0. The number of rotatable bonds is 4. The molecule has 0 fully saturated rings. The summed E-state index contributed by atoms with van der Waals surface area (Å²) in [5.74, 6) is -1.62. The van der Waals surface area contributed by atoms with Crippen LogP contribution >= 0.6 is 0 Å². The minimum Gasteiger partial charge on any atom is -0.481 e. The van der Waals surface area contributed by atoms with Gasteiger partial charge in [-0.2, -0.15) is 18.3 Å². The molecule has 0 aromatic carbocycles. The van der Waals surface area contributed by atoms with Crippen molar-refractivity contribution in [1.82, 2.24) is 9.78 Å². The molecule has 0 spiro atoms.